The summed E-state index contributed by atoms with van der Waals surface area (Å²) in [5, 5.41) is 7.14. The van der Waals surface area contributed by atoms with Gasteiger partial charge in [-0.2, -0.15) is 11.8 Å². The van der Waals surface area contributed by atoms with Crippen molar-refractivity contribution >= 4 is 17.7 Å². The quantitative estimate of drug-likeness (QED) is 0.424. The van der Waals surface area contributed by atoms with Crippen LogP contribution in [0.25, 0.3) is 0 Å². The number of likely N-dealkylation sites (tertiary alicyclic amines) is 1. The van der Waals surface area contributed by atoms with Crippen molar-refractivity contribution in [2.24, 2.45) is 4.99 Å². The van der Waals surface area contributed by atoms with E-state index in [4.69, 9.17) is 0 Å². The second-order valence-electron chi connectivity index (χ2n) is 6.97. The van der Waals surface area contributed by atoms with Gasteiger partial charge in [-0.05, 0) is 57.1 Å². The third kappa shape index (κ3) is 6.92. The maximum Gasteiger partial charge on any atom is 0.191 e. The standard InChI is InChI=1S/C18H36N4S/c1-19-18(20-12-6-7-14-23-2)21-16-9-8-13-22(15-16)17-10-4-3-5-11-17/h16-17H,3-15H2,1-2H3,(H2,19,20,21). The summed E-state index contributed by atoms with van der Waals surface area (Å²) in [6, 6.07) is 1.40. The van der Waals surface area contributed by atoms with Crippen LogP contribution in [0, 0.1) is 0 Å². The molecule has 1 atom stereocenters. The van der Waals surface area contributed by atoms with E-state index in [0.717, 1.165) is 18.5 Å². The molecule has 1 unspecified atom stereocenters. The second-order valence-corrected chi connectivity index (χ2v) is 7.95. The van der Waals surface area contributed by atoms with Gasteiger partial charge in [0.1, 0.15) is 0 Å². The molecule has 1 aliphatic heterocycles. The summed E-state index contributed by atoms with van der Waals surface area (Å²) in [4.78, 5) is 7.15. The lowest BCUT2D eigenvalue weighted by molar-refractivity contribution is 0.115. The highest BCUT2D eigenvalue weighted by molar-refractivity contribution is 7.98. The van der Waals surface area contributed by atoms with Crippen LogP contribution in [0.5, 0.6) is 0 Å². The molecule has 0 aromatic rings. The maximum absolute atomic E-state index is 4.41. The Hall–Kier alpha value is -0.420. The van der Waals surface area contributed by atoms with Gasteiger partial charge in [-0.3, -0.25) is 9.89 Å². The predicted octanol–water partition coefficient (Wildman–Crippen LogP) is 3.09. The number of piperidine rings is 1. The molecule has 0 aromatic carbocycles. The average molecular weight is 341 g/mol. The Morgan fingerprint density at radius 1 is 1.13 bits per heavy atom. The van der Waals surface area contributed by atoms with Crippen LogP contribution in [0.4, 0.5) is 0 Å². The number of thioether (sulfide) groups is 1. The van der Waals surface area contributed by atoms with Crippen molar-refractivity contribution in [3.63, 3.8) is 0 Å². The van der Waals surface area contributed by atoms with Gasteiger partial charge in [0.15, 0.2) is 5.96 Å². The van der Waals surface area contributed by atoms with Gasteiger partial charge >= 0.3 is 0 Å². The van der Waals surface area contributed by atoms with Gasteiger partial charge in [0.2, 0.25) is 0 Å². The molecule has 2 fully saturated rings. The molecular formula is C18H36N4S. The Bertz CT molecular complexity index is 342. The Morgan fingerprint density at radius 3 is 2.70 bits per heavy atom. The largest absolute Gasteiger partial charge is 0.356 e. The number of nitrogens with zero attached hydrogens (tertiary/aromatic N) is 2. The summed E-state index contributed by atoms with van der Waals surface area (Å²) in [6.07, 6.45) is 14.4. The molecule has 0 amide bonds. The van der Waals surface area contributed by atoms with Crippen molar-refractivity contribution in [3.8, 4) is 0 Å². The lowest BCUT2D eigenvalue weighted by atomic mass is 9.92. The van der Waals surface area contributed by atoms with Crippen LogP contribution in [-0.2, 0) is 0 Å². The molecule has 5 heteroatoms. The van der Waals surface area contributed by atoms with Crippen molar-refractivity contribution < 1.29 is 0 Å². The van der Waals surface area contributed by atoms with Crippen molar-refractivity contribution in [2.75, 3.05) is 38.7 Å². The van der Waals surface area contributed by atoms with Crippen LogP contribution >= 0.6 is 11.8 Å². The Balaban J connectivity index is 1.70. The van der Waals surface area contributed by atoms with Crippen LogP contribution in [0.1, 0.15) is 57.8 Å². The number of unbranched alkanes of at least 4 members (excludes halogenated alkanes) is 1. The van der Waals surface area contributed by atoms with E-state index in [1.165, 1.54) is 76.6 Å². The zero-order valence-corrected chi connectivity index (χ0v) is 16.0. The molecule has 23 heavy (non-hydrogen) atoms. The molecule has 0 radical (unpaired) electrons. The molecule has 1 saturated carbocycles. The van der Waals surface area contributed by atoms with Gasteiger partial charge in [-0.25, -0.2) is 0 Å². The zero-order valence-electron chi connectivity index (χ0n) is 15.1. The first-order valence-corrected chi connectivity index (χ1v) is 10.9. The summed E-state index contributed by atoms with van der Waals surface area (Å²) in [5.74, 6) is 2.25. The van der Waals surface area contributed by atoms with Crippen LogP contribution in [0.2, 0.25) is 0 Å². The molecule has 1 heterocycles. The van der Waals surface area contributed by atoms with Crippen molar-refractivity contribution in [3.05, 3.63) is 0 Å². The maximum atomic E-state index is 4.41. The Kier molecular flexibility index (Phi) is 9.20. The number of aliphatic imine (C=N–C) groups is 1. The van der Waals surface area contributed by atoms with E-state index in [0.29, 0.717) is 6.04 Å². The van der Waals surface area contributed by atoms with Crippen molar-refractivity contribution in [1.29, 1.82) is 0 Å². The van der Waals surface area contributed by atoms with Crippen molar-refractivity contribution in [2.45, 2.75) is 69.9 Å². The van der Waals surface area contributed by atoms with E-state index < -0.39 is 0 Å². The van der Waals surface area contributed by atoms with Crippen molar-refractivity contribution in [1.82, 2.24) is 15.5 Å². The topological polar surface area (TPSA) is 39.7 Å². The molecule has 2 N–H and O–H groups in total. The molecule has 0 spiro atoms. The average Bonchev–Trinajstić information content (AvgIpc) is 2.61. The fourth-order valence-corrected chi connectivity index (χ4v) is 4.36. The Morgan fingerprint density at radius 2 is 1.96 bits per heavy atom. The minimum Gasteiger partial charge on any atom is -0.356 e. The molecule has 4 nitrogen and oxygen atoms in total. The molecule has 0 aromatic heterocycles. The van der Waals surface area contributed by atoms with E-state index in [1.54, 1.807) is 0 Å². The van der Waals surface area contributed by atoms with Gasteiger partial charge in [0.05, 0.1) is 0 Å². The highest BCUT2D eigenvalue weighted by Crippen LogP contribution is 2.25. The summed E-state index contributed by atoms with van der Waals surface area (Å²) in [5.41, 5.74) is 0. The summed E-state index contributed by atoms with van der Waals surface area (Å²) in [7, 11) is 1.89. The minimum absolute atomic E-state index is 0.558. The molecular weight excluding hydrogens is 304 g/mol. The van der Waals surface area contributed by atoms with Gasteiger partial charge in [0, 0.05) is 32.2 Å². The normalized spacial score (nSPS) is 24.6. The summed E-state index contributed by atoms with van der Waals surface area (Å²) in [6.45, 7) is 3.51. The molecule has 1 saturated heterocycles. The van der Waals surface area contributed by atoms with E-state index >= 15 is 0 Å². The van der Waals surface area contributed by atoms with E-state index in [9.17, 15) is 0 Å². The molecule has 2 aliphatic rings. The number of hydrogen-bond acceptors (Lipinski definition) is 3. The van der Waals surface area contributed by atoms with E-state index in [1.807, 2.05) is 18.8 Å². The summed E-state index contributed by atoms with van der Waals surface area (Å²) >= 11 is 1.93. The fraction of sp³-hybridized carbons (Fsp3) is 0.944. The third-order valence-corrected chi connectivity index (χ3v) is 5.87. The van der Waals surface area contributed by atoms with Crippen LogP contribution in [0.3, 0.4) is 0 Å². The highest BCUT2D eigenvalue weighted by atomic mass is 32.2. The van der Waals surface area contributed by atoms with Gasteiger partial charge in [-0.1, -0.05) is 19.3 Å². The zero-order chi connectivity index (χ0) is 16.3. The minimum atomic E-state index is 0.558. The Labute approximate surface area is 147 Å². The molecule has 1 aliphatic carbocycles. The first-order chi connectivity index (χ1) is 11.3. The molecule has 2 rings (SSSR count). The van der Waals surface area contributed by atoms with Crippen LogP contribution in [-0.4, -0.2) is 61.6 Å². The van der Waals surface area contributed by atoms with Crippen LogP contribution in [0.15, 0.2) is 4.99 Å². The van der Waals surface area contributed by atoms with Gasteiger partial charge < -0.3 is 10.6 Å². The number of hydrogen-bond donors (Lipinski definition) is 2. The number of rotatable bonds is 7. The third-order valence-electron chi connectivity index (χ3n) is 5.18. The predicted molar refractivity (Wildman–Crippen MR) is 104 cm³/mol. The lowest BCUT2D eigenvalue weighted by Gasteiger charge is -2.40. The summed E-state index contributed by atoms with van der Waals surface area (Å²) < 4.78 is 0. The first kappa shape index (κ1) is 18.9. The van der Waals surface area contributed by atoms with E-state index in [-0.39, 0.29) is 0 Å². The lowest BCUT2D eigenvalue weighted by Crippen LogP contribution is -2.53. The highest BCUT2D eigenvalue weighted by Gasteiger charge is 2.27. The molecule has 134 valence electrons. The number of nitrogens with one attached hydrogen (secondary N) is 2. The number of guanidine groups is 1. The van der Waals surface area contributed by atoms with Gasteiger partial charge in [-0.15, -0.1) is 0 Å². The van der Waals surface area contributed by atoms with E-state index in [2.05, 4.69) is 26.8 Å². The molecule has 0 bridgehead atoms. The van der Waals surface area contributed by atoms with Gasteiger partial charge in [0.25, 0.3) is 0 Å². The first-order valence-electron chi connectivity index (χ1n) is 9.53. The SMILES string of the molecule is CN=C(NCCCCSC)NC1CCCN(C2CCCCC2)C1. The second kappa shape index (κ2) is 11.2. The fourth-order valence-electron chi connectivity index (χ4n) is 3.87. The monoisotopic (exact) mass is 340 g/mol. The smallest absolute Gasteiger partial charge is 0.191 e. The van der Waals surface area contributed by atoms with Crippen LogP contribution < -0.4 is 10.6 Å².